The molecule has 1 rings (SSSR count). The largest absolute Gasteiger partial charge is 0.466 e. The fourth-order valence-corrected chi connectivity index (χ4v) is 2.29. The summed E-state index contributed by atoms with van der Waals surface area (Å²) in [6, 6.07) is 0. The average molecular weight is 259 g/mol. The number of hydrogen-bond donors (Lipinski definition) is 3. The van der Waals surface area contributed by atoms with E-state index in [0.29, 0.717) is 19.1 Å². The molecule has 0 heterocycles. The third-order valence-electron chi connectivity index (χ3n) is 3.34. The van der Waals surface area contributed by atoms with E-state index in [1.165, 1.54) is 0 Å². The van der Waals surface area contributed by atoms with Gasteiger partial charge in [-0.1, -0.05) is 0 Å². The highest BCUT2D eigenvalue weighted by molar-refractivity contribution is 5.69. The normalized spacial score (nSPS) is 25.7. The van der Waals surface area contributed by atoms with Crippen molar-refractivity contribution in [3.63, 3.8) is 0 Å². The summed E-state index contributed by atoms with van der Waals surface area (Å²) in [6.45, 7) is 3.36. The molecule has 0 aromatic heterocycles. The lowest BCUT2D eigenvalue weighted by Crippen LogP contribution is -2.34. The Morgan fingerprint density at radius 3 is 2.67 bits per heavy atom. The van der Waals surface area contributed by atoms with Crippen LogP contribution >= 0.6 is 0 Å². The molecular formula is C13H25NO4. The predicted molar refractivity (Wildman–Crippen MR) is 68.1 cm³/mol. The van der Waals surface area contributed by atoms with Crippen LogP contribution in [0.4, 0.5) is 0 Å². The Balaban J connectivity index is 2.04. The van der Waals surface area contributed by atoms with Crippen LogP contribution in [0.1, 0.15) is 39.0 Å². The van der Waals surface area contributed by atoms with Crippen LogP contribution in [-0.4, -0.2) is 48.1 Å². The molecule has 0 saturated heterocycles. The first-order chi connectivity index (χ1) is 8.61. The minimum absolute atomic E-state index is 0.0459. The van der Waals surface area contributed by atoms with Crippen LogP contribution in [0, 0.1) is 5.92 Å². The molecule has 3 N–H and O–H groups in total. The smallest absolute Gasteiger partial charge is 0.308 e. The van der Waals surface area contributed by atoms with Gasteiger partial charge in [0, 0.05) is 6.54 Å². The molecule has 0 bridgehead atoms. The first-order valence-corrected chi connectivity index (χ1v) is 6.84. The summed E-state index contributed by atoms with van der Waals surface area (Å²) >= 11 is 0. The van der Waals surface area contributed by atoms with Gasteiger partial charge in [-0.2, -0.15) is 0 Å². The third kappa shape index (κ3) is 6.33. The van der Waals surface area contributed by atoms with Crippen molar-refractivity contribution in [3.05, 3.63) is 0 Å². The summed E-state index contributed by atoms with van der Waals surface area (Å²) < 4.78 is 4.77. The van der Waals surface area contributed by atoms with Crippen molar-refractivity contribution in [3.8, 4) is 0 Å². The second-order valence-corrected chi connectivity index (χ2v) is 5.00. The topological polar surface area (TPSA) is 78.8 Å². The number of aliphatic hydroxyl groups is 2. The Labute approximate surface area is 109 Å². The van der Waals surface area contributed by atoms with E-state index in [4.69, 9.17) is 4.74 Å². The monoisotopic (exact) mass is 259 g/mol. The molecule has 5 heteroatoms. The van der Waals surface area contributed by atoms with Crippen molar-refractivity contribution in [2.24, 2.45) is 5.92 Å². The van der Waals surface area contributed by atoms with Gasteiger partial charge in [-0.15, -0.1) is 0 Å². The Hall–Kier alpha value is -0.650. The molecule has 0 aliphatic heterocycles. The van der Waals surface area contributed by atoms with Gasteiger partial charge < -0.3 is 20.3 Å². The highest BCUT2D eigenvalue weighted by Crippen LogP contribution is 2.23. The molecule has 1 aliphatic carbocycles. The highest BCUT2D eigenvalue weighted by atomic mass is 16.5. The molecule has 0 radical (unpaired) electrons. The second kappa shape index (κ2) is 8.45. The fourth-order valence-electron chi connectivity index (χ4n) is 2.29. The van der Waals surface area contributed by atoms with Gasteiger partial charge in [0.1, 0.15) is 0 Å². The van der Waals surface area contributed by atoms with Crippen molar-refractivity contribution in [2.45, 2.75) is 51.2 Å². The molecule has 106 valence electrons. The van der Waals surface area contributed by atoms with Crippen LogP contribution in [0.15, 0.2) is 0 Å². The van der Waals surface area contributed by atoms with Crippen molar-refractivity contribution in [1.29, 1.82) is 0 Å². The van der Waals surface area contributed by atoms with E-state index in [0.717, 1.165) is 32.2 Å². The molecule has 1 fully saturated rings. The van der Waals surface area contributed by atoms with E-state index in [-0.39, 0.29) is 18.5 Å². The number of rotatable bonds is 7. The molecule has 0 aromatic carbocycles. The molecule has 1 atom stereocenters. The van der Waals surface area contributed by atoms with Crippen molar-refractivity contribution in [1.82, 2.24) is 5.32 Å². The number of carbonyl (C=O) groups is 1. The number of nitrogens with one attached hydrogen (secondary N) is 1. The van der Waals surface area contributed by atoms with E-state index in [9.17, 15) is 15.0 Å². The molecule has 1 unspecified atom stereocenters. The Kier molecular flexibility index (Phi) is 7.23. The second-order valence-electron chi connectivity index (χ2n) is 5.00. The van der Waals surface area contributed by atoms with E-state index in [1.54, 1.807) is 6.92 Å². The minimum atomic E-state index is -0.682. The van der Waals surface area contributed by atoms with Crippen LogP contribution in [0.3, 0.4) is 0 Å². The Morgan fingerprint density at radius 2 is 2.06 bits per heavy atom. The highest BCUT2D eigenvalue weighted by Gasteiger charge is 2.19. The number of carbonyl (C=O) groups excluding carboxylic acids is 1. The molecule has 1 saturated carbocycles. The van der Waals surface area contributed by atoms with E-state index >= 15 is 0 Å². The van der Waals surface area contributed by atoms with Gasteiger partial charge >= 0.3 is 5.97 Å². The average Bonchev–Trinajstić information content (AvgIpc) is 2.32. The fraction of sp³-hybridized carbons (Fsp3) is 0.923. The van der Waals surface area contributed by atoms with E-state index in [2.05, 4.69) is 5.32 Å². The molecule has 0 amide bonds. The molecule has 0 aromatic rings. The Bertz CT molecular complexity index is 239. The SMILES string of the molecule is CCOC(=O)CC(O)CNCC1CCC(O)CC1. The quantitative estimate of drug-likeness (QED) is 0.578. The molecule has 18 heavy (non-hydrogen) atoms. The molecular weight excluding hydrogens is 234 g/mol. The summed E-state index contributed by atoms with van der Waals surface area (Å²) in [4.78, 5) is 11.1. The molecule has 5 nitrogen and oxygen atoms in total. The number of ether oxygens (including phenoxy) is 1. The number of esters is 1. The summed E-state index contributed by atoms with van der Waals surface area (Å²) in [7, 11) is 0. The zero-order chi connectivity index (χ0) is 13.4. The van der Waals surface area contributed by atoms with Gasteiger partial charge in [-0.3, -0.25) is 4.79 Å². The minimum Gasteiger partial charge on any atom is -0.466 e. The van der Waals surface area contributed by atoms with E-state index in [1.807, 2.05) is 0 Å². The van der Waals surface area contributed by atoms with Gasteiger partial charge in [0.2, 0.25) is 0 Å². The zero-order valence-electron chi connectivity index (χ0n) is 11.1. The van der Waals surface area contributed by atoms with Crippen molar-refractivity contribution >= 4 is 5.97 Å². The maximum Gasteiger partial charge on any atom is 0.308 e. The van der Waals surface area contributed by atoms with E-state index < -0.39 is 6.10 Å². The summed E-state index contributed by atoms with van der Waals surface area (Å²) in [6.07, 6.45) is 3.04. The predicted octanol–water partition coefficient (Wildman–Crippen LogP) is 0.441. The molecule has 0 spiro atoms. The summed E-state index contributed by atoms with van der Waals surface area (Å²) in [5.74, 6) is 0.218. The van der Waals surface area contributed by atoms with Crippen LogP contribution in [0.5, 0.6) is 0 Å². The van der Waals surface area contributed by atoms with Gasteiger partial charge in [0.25, 0.3) is 0 Å². The van der Waals surface area contributed by atoms with Gasteiger partial charge in [0.05, 0.1) is 25.2 Å². The first kappa shape index (κ1) is 15.4. The van der Waals surface area contributed by atoms with Crippen LogP contribution in [0.2, 0.25) is 0 Å². The standard InChI is InChI=1S/C13H25NO4/c1-2-18-13(17)7-12(16)9-14-8-10-3-5-11(15)6-4-10/h10-12,14-16H,2-9H2,1H3. The maximum atomic E-state index is 11.1. The van der Waals surface area contributed by atoms with Crippen LogP contribution < -0.4 is 5.32 Å². The van der Waals surface area contributed by atoms with Gasteiger partial charge in [-0.05, 0) is 45.1 Å². The summed E-state index contributed by atoms with van der Waals surface area (Å²) in [5, 5.41) is 22.2. The number of aliphatic hydroxyl groups excluding tert-OH is 2. The summed E-state index contributed by atoms with van der Waals surface area (Å²) in [5.41, 5.74) is 0. The maximum absolute atomic E-state index is 11.1. The van der Waals surface area contributed by atoms with Gasteiger partial charge in [-0.25, -0.2) is 0 Å². The lowest BCUT2D eigenvalue weighted by Gasteiger charge is -2.25. The van der Waals surface area contributed by atoms with Crippen molar-refractivity contribution in [2.75, 3.05) is 19.7 Å². The number of hydrogen-bond acceptors (Lipinski definition) is 5. The third-order valence-corrected chi connectivity index (χ3v) is 3.34. The lowest BCUT2D eigenvalue weighted by atomic mass is 9.87. The molecule has 1 aliphatic rings. The zero-order valence-corrected chi connectivity index (χ0v) is 11.1. The van der Waals surface area contributed by atoms with Crippen LogP contribution in [0.25, 0.3) is 0 Å². The Morgan fingerprint density at radius 1 is 1.39 bits per heavy atom. The van der Waals surface area contributed by atoms with Crippen molar-refractivity contribution < 1.29 is 19.7 Å². The lowest BCUT2D eigenvalue weighted by molar-refractivity contribution is -0.145. The first-order valence-electron chi connectivity index (χ1n) is 6.84. The van der Waals surface area contributed by atoms with Crippen LogP contribution in [-0.2, 0) is 9.53 Å². The van der Waals surface area contributed by atoms with Gasteiger partial charge in [0.15, 0.2) is 0 Å².